The summed E-state index contributed by atoms with van der Waals surface area (Å²) in [4.78, 5) is 25.2. The van der Waals surface area contributed by atoms with Gasteiger partial charge in [-0.1, -0.05) is 6.07 Å². The lowest BCUT2D eigenvalue weighted by Gasteiger charge is -2.33. The fourth-order valence-electron chi connectivity index (χ4n) is 2.73. The van der Waals surface area contributed by atoms with E-state index in [1.807, 2.05) is 0 Å². The number of ether oxygens (including phenoxy) is 1. The second-order valence-corrected chi connectivity index (χ2v) is 5.87. The van der Waals surface area contributed by atoms with E-state index in [4.69, 9.17) is 4.74 Å². The molecule has 1 atom stereocenters. The molecule has 3 rings (SSSR count). The largest absolute Gasteiger partial charge is 0.481 e. The van der Waals surface area contributed by atoms with Crippen molar-refractivity contribution in [3.05, 3.63) is 41.2 Å². The van der Waals surface area contributed by atoms with Crippen LogP contribution < -0.4 is 4.74 Å². The van der Waals surface area contributed by atoms with Gasteiger partial charge >= 0.3 is 5.97 Å². The summed E-state index contributed by atoms with van der Waals surface area (Å²) in [5, 5.41) is 17.3. The second kappa shape index (κ2) is 6.50. The molecule has 2 aromatic rings. The Kier molecular flexibility index (Phi) is 4.39. The second-order valence-electron chi connectivity index (χ2n) is 5.87. The Labute approximate surface area is 142 Å². The predicted molar refractivity (Wildman–Crippen MR) is 83.4 cm³/mol. The standard InChI is InChI=1S/C16H17FN4O4/c1-9-3-4-11(17)13(5-9)25-8-15(22)21-7-14-19-18-10(2)20(14)6-12(21)16(23)24/h3-5,12H,6-8H2,1-2H3,(H,23,24). The van der Waals surface area contributed by atoms with Gasteiger partial charge in [0.25, 0.3) is 5.91 Å². The van der Waals surface area contributed by atoms with Crippen LogP contribution >= 0.6 is 0 Å². The van der Waals surface area contributed by atoms with Crippen LogP contribution in [0.5, 0.6) is 5.75 Å². The lowest BCUT2D eigenvalue weighted by molar-refractivity contribution is -0.153. The number of aliphatic carboxylic acids is 1. The summed E-state index contributed by atoms with van der Waals surface area (Å²) in [7, 11) is 0. The number of hydrogen-bond donors (Lipinski definition) is 1. The van der Waals surface area contributed by atoms with Crippen LogP contribution in [0.4, 0.5) is 4.39 Å². The van der Waals surface area contributed by atoms with Gasteiger partial charge in [-0.3, -0.25) is 4.79 Å². The van der Waals surface area contributed by atoms with Gasteiger partial charge in [-0.25, -0.2) is 9.18 Å². The fraction of sp³-hybridized carbons (Fsp3) is 0.375. The average Bonchev–Trinajstić information content (AvgIpc) is 2.94. The SMILES string of the molecule is Cc1ccc(F)c(OCC(=O)N2Cc3nnc(C)n3CC2C(=O)O)c1. The highest BCUT2D eigenvalue weighted by molar-refractivity contribution is 5.84. The van der Waals surface area contributed by atoms with E-state index < -0.39 is 30.3 Å². The average molecular weight is 348 g/mol. The number of halogens is 1. The van der Waals surface area contributed by atoms with Crippen LogP contribution in [0.2, 0.25) is 0 Å². The Balaban J connectivity index is 1.76. The molecule has 1 aliphatic heterocycles. The van der Waals surface area contributed by atoms with E-state index in [0.717, 1.165) is 5.56 Å². The molecule has 9 heteroatoms. The molecular weight excluding hydrogens is 331 g/mol. The molecule has 0 saturated carbocycles. The van der Waals surface area contributed by atoms with Crippen LogP contribution in [0.15, 0.2) is 18.2 Å². The van der Waals surface area contributed by atoms with Crippen LogP contribution in [0.3, 0.4) is 0 Å². The summed E-state index contributed by atoms with van der Waals surface area (Å²) in [6.45, 7) is 3.10. The number of carbonyl (C=O) groups is 2. The fourth-order valence-corrected chi connectivity index (χ4v) is 2.73. The molecule has 0 saturated heterocycles. The van der Waals surface area contributed by atoms with E-state index >= 15 is 0 Å². The molecule has 1 aromatic carbocycles. The number of nitrogens with zero attached hydrogens (tertiary/aromatic N) is 4. The number of carboxylic acids is 1. The number of aryl methyl sites for hydroxylation is 2. The van der Waals surface area contributed by atoms with Crippen LogP contribution in [-0.4, -0.2) is 49.3 Å². The summed E-state index contributed by atoms with van der Waals surface area (Å²) < 4.78 is 20.6. The molecule has 25 heavy (non-hydrogen) atoms. The first-order chi connectivity index (χ1) is 11.9. The third kappa shape index (κ3) is 3.30. The summed E-state index contributed by atoms with van der Waals surface area (Å²) in [6, 6.07) is 3.26. The number of rotatable bonds is 4. The molecule has 0 fully saturated rings. The summed E-state index contributed by atoms with van der Waals surface area (Å²) in [6.07, 6.45) is 0. The van der Waals surface area contributed by atoms with Crippen molar-refractivity contribution >= 4 is 11.9 Å². The number of carbonyl (C=O) groups excluding carboxylic acids is 1. The molecule has 1 unspecified atom stereocenters. The van der Waals surface area contributed by atoms with Crippen molar-refractivity contribution in [1.29, 1.82) is 0 Å². The molecule has 1 aliphatic rings. The lowest BCUT2D eigenvalue weighted by Crippen LogP contribution is -2.52. The van der Waals surface area contributed by atoms with Crippen LogP contribution in [0.25, 0.3) is 0 Å². The maximum Gasteiger partial charge on any atom is 0.328 e. The monoisotopic (exact) mass is 348 g/mol. The van der Waals surface area contributed by atoms with Crippen molar-refractivity contribution in [3.8, 4) is 5.75 Å². The van der Waals surface area contributed by atoms with Gasteiger partial charge in [-0.15, -0.1) is 10.2 Å². The molecule has 0 spiro atoms. The highest BCUT2D eigenvalue weighted by Gasteiger charge is 2.36. The Morgan fingerprint density at radius 2 is 2.12 bits per heavy atom. The van der Waals surface area contributed by atoms with E-state index in [9.17, 15) is 19.1 Å². The molecule has 2 heterocycles. The Hall–Kier alpha value is -2.97. The number of amides is 1. The zero-order chi connectivity index (χ0) is 18.1. The van der Waals surface area contributed by atoms with Gasteiger partial charge in [-0.05, 0) is 31.5 Å². The van der Waals surface area contributed by atoms with Gasteiger partial charge in [-0.2, -0.15) is 0 Å². The molecule has 8 nitrogen and oxygen atoms in total. The third-order valence-electron chi connectivity index (χ3n) is 4.10. The van der Waals surface area contributed by atoms with E-state index in [-0.39, 0.29) is 18.8 Å². The maximum atomic E-state index is 13.7. The normalized spacial score (nSPS) is 16.4. The molecule has 132 valence electrons. The number of carboxylic acid groups (broad SMARTS) is 1. The van der Waals surface area contributed by atoms with Gasteiger partial charge in [0.15, 0.2) is 24.0 Å². The quantitative estimate of drug-likeness (QED) is 0.882. The van der Waals surface area contributed by atoms with E-state index in [0.29, 0.717) is 11.6 Å². The number of hydrogen-bond acceptors (Lipinski definition) is 5. The van der Waals surface area contributed by atoms with Crippen molar-refractivity contribution in [2.24, 2.45) is 0 Å². The molecule has 1 amide bonds. The number of aromatic nitrogens is 3. The van der Waals surface area contributed by atoms with Crippen molar-refractivity contribution in [1.82, 2.24) is 19.7 Å². The van der Waals surface area contributed by atoms with Crippen LogP contribution in [0.1, 0.15) is 17.2 Å². The Morgan fingerprint density at radius 1 is 1.36 bits per heavy atom. The third-order valence-corrected chi connectivity index (χ3v) is 4.10. The lowest BCUT2D eigenvalue weighted by atomic mass is 10.2. The molecular formula is C16H17FN4O4. The molecule has 0 aliphatic carbocycles. The zero-order valence-corrected chi connectivity index (χ0v) is 13.8. The minimum absolute atomic E-state index is 0.0102. The minimum atomic E-state index is -1.13. The van der Waals surface area contributed by atoms with Gasteiger partial charge in [0, 0.05) is 0 Å². The van der Waals surface area contributed by atoms with E-state index in [1.54, 1.807) is 24.5 Å². The molecule has 1 N–H and O–H groups in total. The van der Waals surface area contributed by atoms with Gasteiger partial charge in [0.05, 0.1) is 13.1 Å². The topological polar surface area (TPSA) is 97.5 Å². The Morgan fingerprint density at radius 3 is 2.84 bits per heavy atom. The minimum Gasteiger partial charge on any atom is -0.481 e. The predicted octanol–water partition coefficient (Wildman–Crippen LogP) is 0.908. The Bertz CT molecular complexity index is 836. The molecule has 0 bridgehead atoms. The maximum absolute atomic E-state index is 13.7. The zero-order valence-electron chi connectivity index (χ0n) is 13.8. The number of fused-ring (bicyclic) bond motifs is 1. The summed E-state index contributed by atoms with van der Waals surface area (Å²) >= 11 is 0. The molecule has 1 aromatic heterocycles. The van der Waals surface area contributed by atoms with Crippen molar-refractivity contribution in [3.63, 3.8) is 0 Å². The van der Waals surface area contributed by atoms with Crippen LogP contribution in [0, 0.1) is 19.7 Å². The highest BCUT2D eigenvalue weighted by atomic mass is 19.1. The van der Waals surface area contributed by atoms with Gasteiger partial charge < -0.3 is 19.3 Å². The van der Waals surface area contributed by atoms with E-state index in [2.05, 4.69) is 10.2 Å². The van der Waals surface area contributed by atoms with Crippen molar-refractivity contribution in [2.75, 3.05) is 6.61 Å². The first-order valence-corrected chi connectivity index (χ1v) is 7.66. The van der Waals surface area contributed by atoms with Crippen molar-refractivity contribution in [2.45, 2.75) is 33.0 Å². The first-order valence-electron chi connectivity index (χ1n) is 7.66. The van der Waals surface area contributed by atoms with Gasteiger partial charge in [0.2, 0.25) is 0 Å². The van der Waals surface area contributed by atoms with E-state index in [1.165, 1.54) is 17.0 Å². The first kappa shape index (κ1) is 16.9. The summed E-state index contributed by atoms with van der Waals surface area (Å²) in [5.41, 5.74) is 0.786. The summed E-state index contributed by atoms with van der Waals surface area (Å²) in [5.74, 6) is -1.22. The van der Waals surface area contributed by atoms with Crippen molar-refractivity contribution < 1.29 is 23.8 Å². The van der Waals surface area contributed by atoms with Gasteiger partial charge in [0.1, 0.15) is 11.9 Å². The molecule has 0 radical (unpaired) electrons. The smallest absolute Gasteiger partial charge is 0.328 e. The van der Waals surface area contributed by atoms with Crippen LogP contribution in [-0.2, 0) is 22.7 Å². The number of benzene rings is 1. The highest BCUT2D eigenvalue weighted by Crippen LogP contribution is 2.21.